The number of nitrogens with one attached hydrogen (secondary N) is 2. The van der Waals surface area contributed by atoms with E-state index in [0.717, 1.165) is 22.7 Å². The summed E-state index contributed by atoms with van der Waals surface area (Å²) >= 11 is 2.61. The van der Waals surface area contributed by atoms with Crippen LogP contribution in [0.1, 0.15) is 43.1 Å². The number of carbonyl (C=O) groups is 2. The maximum Gasteiger partial charge on any atom is 0.236 e. The summed E-state index contributed by atoms with van der Waals surface area (Å²) in [6, 6.07) is 7.71. The first-order valence-corrected chi connectivity index (χ1v) is 11.7. The maximum absolute atomic E-state index is 12.5. The number of aryl methyl sites for hydroxylation is 1. The first-order valence-electron chi connectivity index (χ1n) is 9.89. The van der Waals surface area contributed by atoms with Crippen molar-refractivity contribution in [3.63, 3.8) is 0 Å². The smallest absolute Gasteiger partial charge is 0.236 e. The summed E-state index contributed by atoms with van der Waals surface area (Å²) in [5.41, 5.74) is 1.88. The molecule has 1 aromatic carbocycles. The Kier molecular flexibility index (Phi) is 7.75. The van der Waals surface area contributed by atoms with Gasteiger partial charge in [-0.25, -0.2) is 0 Å². The zero-order valence-corrected chi connectivity index (χ0v) is 19.5. The third kappa shape index (κ3) is 6.11. The quantitative estimate of drug-likeness (QED) is 0.472. The molecule has 2 aromatic heterocycles. The lowest BCUT2D eigenvalue weighted by Gasteiger charge is -2.09. The van der Waals surface area contributed by atoms with Gasteiger partial charge in [0.15, 0.2) is 5.16 Å². The second kappa shape index (κ2) is 10.5. The normalized spacial score (nSPS) is 11.0. The van der Waals surface area contributed by atoms with Crippen molar-refractivity contribution in [2.24, 2.45) is 7.05 Å². The van der Waals surface area contributed by atoms with Gasteiger partial charge < -0.3 is 9.88 Å². The molecule has 0 spiro atoms. The first kappa shape index (κ1) is 22.9. The van der Waals surface area contributed by atoms with Crippen LogP contribution in [0.2, 0.25) is 0 Å². The molecule has 164 valence electrons. The van der Waals surface area contributed by atoms with Gasteiger partial charge >= 0.3 is 0 Å². The number of thioether (sulfide) groups is 1. The van der Waals surface area contributed by atoms with Gasteiger partial charge in [0.05, 0.1) is 12.2 Å². The summed E-state index contributed by atoms with van der Waals surface area (Å²) < 4.78 is 1.73. The molecule has 0 saturated heterocycles. The van der Waals surface area contributed by atoms with Crippen molar-refractivity contribution in [2.75, 3.05) is 16.4 Å². The molecule has 2 heterocycles. The van der Waals surface area contributed by atoms with Gasteiger partial charge in [-0.2, -0.15) is 0 Å². The van der Waals surface area contributed by atoms with Crippen molar-refractivity contribution >= 4 is 45.7 Å². The van der Waals surface area contributed by atoms with E-state index >= 15 is 0 Å². The van der Waals surface area contributed by atoms with Gasteiger partial charge in [0.25, 0.3) is 0 Å². The monoisotopic (exact) mass is 459 g/mol. The molecular formula is C20H25N7O2S2. The van der Waals surface area contributed by atoms with E-state index < -0.39 is 0 Å². The highest BCUT2D eigenvalue weighted by atomic mass is 32.2. The van der Waals surface area contributed by atoms with Gasteiger partial charge in [-0.3, -0.25) is 14.9 Å². The number of nitrogens with zero attached hydrogens (tertiary/aromatic N) is 5. The van der Waals surface area contributed by atoms with E-state index in [0.29, 0.717) is 16.1 Å². The van der Waals surface area contributed by atoms with Crippen LogP contribution in [0.25, 0.3) is 0 Å². The first-order chi connectivity index (χ1) is 14.9. The van der Waals surface area contributed by atoms with Crippen LogP contribution in [-0.4, -0.2) is 42.5 Å². The minimum absolute atomic E-state index is 0.0943. The van der Waals surface area contributed by atoms with Crippen LogP contribution in [0.15, 0.2) is 29.4 Å². The molecule has 0 aliphatic heterocycles. The number of hydrogen-bond acceptors (Lipinski definition) is 8. The molecule has 3 aromatic rings. The predicted octanol–water partition coefficient (Wildman–Crippen LogP) is 3.26. The van der Waals surface area contributed by atoms with Gasteiger partial charge in [0, 0.05) is 18.7 Å². The zero-order chi connectivity index (χ0) is 22.4. The third-order valence-electron chi connectivity index (χ3n) is 4.43. The third-order valence-corrected chi connectivity index (χ3v) is 6.59. The van der Waals surface area contributed by atoms with Crippen LogP contribution in [0.5, 0.6) is 0 Å². The Hall–Kier alpha value is -2.79. The van der Waals surface area contributed by atoms with Gasteiger partial charge in [-0.05, 0) is 18.1 Å². The molecule has 0 radical (unpaired) electrons. The molecule has 9 nitrogen and oxygen atoms in total. The molecule has 3 rings (SSSR count). The largest absolute Gasteiger partial charge is 0.325 e. The fourth-order valence-corrected chi connectivity index (χ4v) is 4.21. The van der Waals surface area contributed by atoms with Crippen LogP contribution in [-0.2, 0) is 29.5 Å². The number of para-hydroxylation sites is 1. The summed E-state index contributed by atoms with van der Waals surface area (Å²) in [5.74, 6) is 0.582. The summed E-state index contributed by atoms with van der Waals surface area (Å²) in [6.07, 6.45) is 0.927. The van der Waals surface area contributed by atoms with Crippen LogP contribution in [0.3, 0.4) is 0 Å². The second-order valence-corrected chi connectivity index (χ2v) is 9.08. The Morgan fingerprint density at radius 2 is 1.87 bits per heavy atom. The molecule has 31 heavy (non-hydrogen) atoms. The number of rotatable bonds is 9. The molecule has 0 aliphatic rings. The van der Waals surface area contributed by atoms with Gasteiger partial charge in [-0.15, -0.1) is 20.4 Å². The lowest BCUT2D eigenvalue weighted by Crippen LogP contribution is -2.18. The van der Waals surface area contributed by atoms with E-state index in [1.807, 2.05) is 45.0 Å². The van der Waals surface area contributed by atoms with Crippen molar-refractivity contribution in [3.05, 3.63) is 40.7 Å². The minimum Gasteiger partial charge on any atom is -0.325 e. The topological polar surface area (TPSA) is 115 Å². The average molecular weight is 460 g/mol. The fourth-order valence-electron chi connectivity index (χ4n) is 2.72. The number of anilines is 2. The second-order valence-electron chi connectivity index (χ2n) is 7.13. The fraction of sp³-hybridized carbons (Fsp3) is 0.400. The Bertz CT molecular complexity index is 1060. The van der Waals surface area contributed by atoms with E-state index in [9.17, 15) is 9.59 Å². The van der Waals surface area contributed by atoms with Crippen LogP contribution < -0.4 is 10.6 Å². The SMILES string of the molecule is CCc1ccccc1NC(=O)Cc1nnc(SCC(=O)Nc2nnc(C(C)C)s2)n1C. The van der Waals surface area contributed by atoms with Crippen molar-refractivity contribution in [1.82, 2.24) is 25.0 Å². The average Bonchev–Trinajstić information content (AvgIpc) is 3.34. The summed E-state index contributed by atoms with van der Waals surface area (Å²) in [5, 5.41) is 23.8. The van der Waals surface area contributed by atoms with E-state index in [-0.39, 0.29) is 29.9 Å². The van der Waals surface area contributed by atoms with E-state index in [2.05, 4.69) is 31.0 Å². The standard InChI is InChI=1S/C20H25N7O2S2/c1-5-13-8-6-7-9-14(13)21-16(28)10-15-23-26-20(27(15)4)30-11-17(29)22-19-25-24-18(31-19)12(2)3/h6-9,12H,5,10-11H2,1-4H3,(H,21,28)(H,22,25,29). The summed E-state index contributed by atoms with van der Waals surface area (Å²) in [6.45, 7) is 6.09. The van der Waals surface area contributed by atoms with Crippen molar-refractivity contribution in [3.8, 4) is 0 Å². The molecule has 0 saturated carbocycles. The molecule has 0 fully saturated rings. The van der Waals surface area contributed by atoms with Crippen LogP contribution in [0.4, 0.5) is 10.8 Å². The molecule has 2 N–H and O–H groups in total. The van der Waals surface area contributed by atoms with Crippen LogP contribution in [0, 0.1) is 0 Å². The molecule has 0 bridgehead atoms. The lowest BCUT2D eigenvalue weighted by molar-refractivity contribution is -0.116. The molecule has 2 amide bonds. The predicted molar refractivity (Wildman–Crippen MR) is 123 cm³/mol. The number of aromatic nitrogens is 5. The highest BCUT2D eigenvalue weighted by molar-refractivity contribution is 7.99. The highest BCUT2D eigenvalue weighted by Gasteiger charge is 2.16. The highest BCUT2D eigenvalue weighted by Crippen LogP contribution is 2.23. The maximum atomic E-state index is 12.5. The van der Waals surface area contributed by atoms with Crippen LogP contribution >= 0.6 is 23.1 Å². The molecule has 0 aliphatic carbocycles. The van der Waals surface area contributed by atoms with Crippen molar-refractivity contribution < 1.29 is 9.59 Å². The van der Waals surface area contributed by atoms with Gasteiger partial charge in [0.1, 0.15) is 10.8 Å². The van der Waals surface area contributed by atoms with Crippen molar-refractivity contribution in [2.45, 2.75) is 44.7 Å². The summed E-state index contributed by atoms with van der Waals surface area (Å²) in [4.78, 5) is 24.7. The number of amides is 2. The Balaban J connectivity index is 1.53. The lowest BCUT2D eigenvalue weighted by atomic mass is 10.1. The Morgan fingerprint density at radius 1 is 1.10 bits per heavy atom. The number of carbonyl (C=O) groups excluding carboxylic acids is 2. The van der Waals surface area contributed by atoms with Gasteiger partial charge in [-0.1, -0.05) is 62.1 Å². The van der Waals surface area contributed by atoms with Crippen molar-refractivity contribution in [1.29, 1.82) is 0 Å². The molecule has 11 heteroatoms. The number of hydrogen-bond donors (Lipinski definition) is 2. The number of benzene rings is 1. The van der Waals surface area contributed by atoms with E-state index in [4.69, 9.17) is 0 Å². The van der Waals surface area contributed by atoms with Gasteiger partial charge in [0.2, 0.25) is 16.9 Å². The zero-order valence-electron chi connectivity index (χ0n) is 17.9. The molecule has 0 unspecified atom stereocenters. The van der Waals surface area contributed by atoms with E-state index in [1.54, 1.807) is 11.6 Å². The van der Waals surface area contributed by atoms with E-state index in [1.165, 1.54) is 23.1 Å². The molecule has 0 atom stereocenters. The Morgan fingerprint density at radius 3 is 2.58 bits per heavy atom. The summed E-state index contributed by atoms with van der Waals surface area (Å²) in [7, 11) is 1.78. The molecular weight excluding hydrogens is 434 g/mol. The minimum atomic E-state index is -0.199. The Labute approximate surface area is 189 Å².